The number of alkyl carbamates (subject to hydrolysis) is 1. The fourth-order valence-corrected chi connectivity index (χ4v) is 6.15. The lowest BCUT2D eigenvalue weighted by atomic mass is 9.85. The second kappa shape index (κ2) is 13.2. The number of hydrogen-bond donors (Lipinski definition) is 4. The summed E-state index contributed by atoms with van der Waals surface area (Å²) in [5.74, 6) is -0.987. The van der Waals surface area contributed by atoms with Crippen LogP contribution in [0.1, 0.15) is 78.2 Å². The molecule has 10 heteroatoms. The molecule has 1 heterocycles. The van der Waals surface area contributed by atoms with Gasteiger partial charge in [-0.3, -0.25) is 14.4 Å². The van der Waals surface area contributed by atoms with Gasteiger partial charge in [-0.05, 0) is 54.9 Å². The molecule has 0 radical (unpaired) electrons. The number of carbonyl (C=O) groups is 4. The van der Waals surface area contributed by atoms with Crippen molar-refractivity contribution in [1.82, 2.24) is 20.9 Å². The zero-order valence-corrected chi connectivity index (χ0v) is 24.7. The van der Waals surface area contributed by atoms with Crippen LogP contribution in [-0.2, 0) is 25.7 Å². The molecule has 1 aromatic rings. The lowest BCUT2D eigenvalue weighted by Crippen LogP contribution is -2.60. The number of rotatable bonds is 11. The summed E-state index contributed by atoms with van der Waals surface area (Å²) in [5.41, 5.74) is 0.184. The number of hydrogen-bond acceptors (Lipinski definition) is 6. The van der Waals surface area contributed by atoms with Crippen LogP contribution in [0.25, 0.3) is 0 Å². The van der Waals surface area contributed by atoms with Gasteiger partial charge in [0.1, 0.15) is 18.7 Å². The summed E-state index contributed by atoms with van der Waals surface area (Å²) in [5, 5.41) is 19.3. The van der Waals surface area contributed by atoms with Crippen LogP contribution in [0, 0.1) is 17.3 Å². The smallest absolute Gasteiger partial charge is 0.408 e. The Hall–Kier alpha value is -3.14. The predicted molar refractivity (Wildman–Crippen MR) is 153 cm³/mol. The van der Waals surface area contributed by atoms with Gasteiger partial charge in [0.25, 0.3) is 5.91 Å². The number of nitrogens with one attached hydrogen (secondary N) is 3. The van der Waals surface area contributed by atoms with Gasteiger partial charge in [-0.25, -0.2) is 4.79 Å². The Morgan fingerprint density at radius 3 is 2.39 bits per heavy atom. The third-order valence-corrected chi connectivity index (χ3v) is 8.53. The Balaban J connectivity index is 1.48. The molecular formula is C31H46N4O6. The van der Waals surface area contributed by atoms with Crippen molar-refractivity contribution in [3.05, 3.63) is 35.9 Å². The van der Waals surface area contributed by atoms with Crippen molar-refractivity contribution in [1.29, 1.82) is 0 Å². The van der Waals surface area contributed by atoms with Gasteiger partial charge in [0, 0.05) is 12.6 Å². The zero-order valence-electron chi connectivity index (χ0n) is 24.7. The van der Waals surface area contributed by atoms with Crippen molar-refractivity contribution in [3.63, 3.8) is 0 Å². The zero-order chi connectivity index (χ0) is 29.7. The molecule has 3 fully saturated rings. The first kappa shape index (κ1) is 30.8. The highest BCUT2D eigenvalue weighted by Gasteiger charge is 2.52. The van der Waals surface area contributed by atoms with Crippen LogP contribution in [0.15, 0.2) is 30.3 Å². The van der Waals surface area contributed by atoms with Crippen molar-refractivity contribution < 1.29 is 29.0 Å². The van der Waals surface area contributed by atoms with Gasteiger partial charge in [-0.1, -0.05) is 70.9 Å². The first-order valence-corrected chi connectivity index (χ1v) is 15.1. The van der Waals surface area contributed by atoms with Gasteiger partial charge in [-0.15, -0.1) is 0 Å². The van der Waals surface area contributed by atoms with Crippen molar-refractivity contribution in [2.45, 2.75) is 110 Å². The van der Waals surface area contributed by atoms with E-state index in [1.54, 1.807) is 4.90 Å². The van der Waals surface area contributed by atoms with Crippen molar-refractivity contribution in [2.75, 3.05) is 6.54 Å². The second-order valence-electron chi connectivity index (χ2n) is 12.9. The third-order valence-electron chi connectivity index (χ3n) is 8.53. The third kappa shape index (κ3) is 7.78. The molecule has 41 heavy (non-hydrogen) atoms. The summed E-state index contributed by atoms with van der Waals surface area (Å²) in [6.45, 7) is 8.03. The number of aliphatic hydroxyl groups excluding tert-OH is 1. The minimum absolute atomic E-state index is 0.00990. The highest BCUT2D eigenvalue weighted by atomic mass is 16.5. The number of carbonyl (C=O) groups excluding carboxylic acids is 4. The summed E-state index contributed by atoms with van der Waals surface area (Å²) in [6, 6.07) is 6.99. The standard InChI is InChI=1S/C31H46N4O6/c1-5-10-23(25(36)28(38)32-21-15-16-21)33-27(37)24-22-14-9-13-20(22)17-35(24)29(39)26(31(2,3)4)34-30(40)41-18-19-11-7-6-8-12-19/h6-8,11-12,20-26,36H,5,9-10,13-18H2,1-4H3,(H,32,38)(H,33,37)(H,34,40). The van der Waals surface area contributed by atoms with E-state index < -0.39 is 41.6 Å². The first-order chi connectivity index (χ1) is 19.5. The molecule has 0 bridgehead atoms. The Labute approximate surface area is 243 Å². The molecule has 10 nitrogen and oxygen atoms in total. The Kier molecular flexibility index (Phi) is 9.94. The molecule has 3 aliphatic rings. The lowest BCUT2D eigenvalue weighted by molar-refractivity contribution is -0.144. The summed E-state index contributed by atoms with van der Waals surface area (Å²) in [7, 11) is 0. The van der Waals surface area contributed by atoms with Crippen LogP contribution in [0.4, 0.5) is 4.79 Å². The van der Waals surface area contributed by atoms with Gasteiger partial charge < -0.3 is 30.7 Å². The number of amides is 4. The topological polar surface area (TPSA) is 137 Å². The second-order valence-corrected chi connectivity index (χ2v) is 12.9. The van der Waals surface area contributed by atoms with E-state index in [9.17, 15) is 24.3 Å². The maximum absolute atomic E-state index is 14.1. The van der Waals surface area contributed by atoms with Crippen LogP contribution in [0.2, 0.25) is 0 Å². The number of ether oxygens (including phenoxy) is 1. The van der Waals surface area contributed by atoms with Crippen LogP contribution in [0.3, 0.4) is 0 Å². The quantitative estimate of drug-likeness (QED) is 0.323. The largest absolute Gasteiger partial charge is 0.445 e. The molecule has 0 spiro atoms. The van der Waals surface area contributed by atoms with Crippen LogP contribution < -0.4 is 16.0 Å². The molecule has 226 valence electrons. The minimum atomic E-state index is -1.37. The maximum Gasteiger partial charge on any atom is 0.408 e. The van der Waals surface area contributed by atoms with E-state index in [1.165, 1.54) is 0 Å². The summed E-state index contributed by atoms with van der Waals surface area (Å²) >= 11 is 0. The Morgan fingerprint density at radius 1 is 1.05 bits per heavy atom. The highest BCUT2D eigenvalue weighted by molar-refractivity contribution is 5.93. The van der Waals surface area contributed by atoms with Crippen molar-refractivity contribution in [3.8, 4) is 0 Å². The number of nitrogens with zero attached hydrogens (tertiary/aromatic N) is 1. The van der Waals surface area contributed by atoms with Crippen LogP contribution >= 0.6 is 0 Å². The van der Waals surface area contributed by atoms with Crippen LogP contribution in [0.5, 0.6) is 0 Å². The van der Waals surface area contributed by atoms with E-state index in [0.717, 1.165) is 37.7 Å². The SMILES string of the molecule is CCCC(NC(=O)C1C2CCCC2CN1C(=O)C(NC(=O)OCc1ccccc1)C(C)(C)C)C(O)C(=O)NC1CC1. The van der Waals surface area contributed by atoms with E-state index in [1.807, 2.05) is 58.0 Å². The van der Waals surface area contributed by atoms with Gasteiger partial charge in [-0.2, -0.15) is 0 Å². The fraction of sp³-hybridized carbons (Fsp3) is 0.677. The molecular weight excluding hydrogens is 524 g/mol. The molecule has 0 aromatic heterocycles. The van der Waals surface area contributed by atoms with Gasteiger partial charge in [0.15, 0.2) is 6.10 Å². The number of fused-ring (bicyclic) bond motifs is 1. The minimum Gasteiger partial charge on any atom is -0.445 e. The molecule has 2 saturated carbocycles. The maximum atomic E-state index is 14.1. The van der Waals surface area contributed by atoms with E-state index in [0.29, 0.717) is 19.4 Å². The summed E-state index contributed by atoms with van der Waals surface area (Å²) < 4.78 is 5.41. The average molecular weight is 571 g/mol. The fourth-order valence-electron chi connectivity index (χ4n) is 6.15. The summed E-state index contributed by atoms with van der Waals surface area (Å²) in [4.78, 5) is 54.9. The molecule has 6 atom stereocenters. The Morgan fingerprint density at radius 2 is 1.76 bits per heavy atom. The molecule has 4 amide bonds. The predicted octanol–water partition coefficient (Wildman–Crippen LogP) is 2.88. The van der Waals surface area contributed by atoms with Crippen LogP contribution in [-0.4, -0.2) is 70.6 Å². The molecule has 4 rings (SSSR count). The molecule has 1 aromatic carbocycles. The molecule has 1 saturated heterocycles. The van der Waals surface area contributed by atoms with Gasteiger partial charge in [0.05, 0.1) is 6.04 Å². The highest BCUT2D eigenvalue weighted by Crippen LogP contribution is 2.43. The van der Waals surface area contributed by atoms with Crippen molar-refractivity contribution >= 4 is 23.8 Å². The molecule has 2 aliphatic carbocycles. The van der Waals surface area contributed by atoms with E-state index >= 15 is 0 Å². The van der Waals surface area contributed by atoms with Gasteiger partial charge in [0.2, 0.25) is 11.8 Å². The molecule has 1 aliphatic heterocycles. The molecule has 6 unspecified atom stereocenters. The Bertz CT molecular complexity index is 1090. The normalized spacial score (nSPS) is 24.1. The van der Waals surface area contributed by atoms with Gasteiger partial charge >= 0.3 is 6.09 Å². The number of aliphatic hydroxyl groups is 1. The average Bonchev–Trinajstić information content (AvgIpc) is 3.50. The first-order valence-electron chi connectivity index (χ1n) is 15.1. The lowest BCUT2D eigenvalue weighted by Gasteiger charge is -2.36. The van der Waals surface area contributed by atoms with E-state index in [2.05, 4.69) is 16.0 Å². The number of benzene rings is 1. The van der Waals surface area contributed by atoms with E-state index in [4.69, 9.17) is 4.74 Å². The summed E-state index contributed by atoms with van der Waals surface area (Å²) in [6.07, 6.45) is 3.56. The van der Waals surface area contributed by atoms with Crippen molar-refractivity contribution in [2.24, 2.45) is 17.3 Å². The monoisotopic (exact) mass is 570 g/mol. The number of likely N-dealkylation sites (tertiary alicyclic amines) is 1. The van der Waals surface area contributed by atoms with E-state index in [-0.39, 0.29) is 36.3 Å². The molecule has 4 N–H and O–H groups in total.